The standard InChI is InChI=1S/C34H56O6S2.C18H30O3S/c1-3-5-7-9-11-13-15-17-19-21-25-29-30-26-23-24-28-32(30)34(42(38,39)40)33(41(35,36)37)31(29)27-22-20-18-16-14-12-10-8-6-4-2;1-2-3-4-5-6-7-8-9-10-11-14-17-15-12-13-16-18(17)22(19,20)21/h23-24,26,28H,3-22,25,27H2,1-2H3,(H,35,36,37)(H,38,39,40);12-13,15-16H,2-11,14H2,1H3,(H,19,20,21). The molecule has 0 bridgehead atoms. The van der Waals surface area contributed by atoms with E-state index in [1.165, 1.54) is 147 Å². The van der Waals surface area contributed by atoms with Crippen LogP contribution in [-0.2, 0) is 49.6 Å². The molecule has 0 spiro atoms. The quantitative estimate of drug-likeness (QED) is 0.0380. The zero-order chi connectivity index (χ0) is 47.1. The van der Waals surface area contributed by atoms with Gasteiger partial charge < -0.3 is 0 Å². The number of fused-ring (bicyclic) bond motifs is 1. The minimum atomic E-state index is -4.92. The summed E-state index contributed by atoms with van der Waals surface area (Å²) in [6.45, 7) is 6.67. The fraction of sp³-hybridized carbons (Fsp3) is 0.692. The van der Waals surface area contributed by atoms with Gasteiger partial charge in [0.2, 0.25) is 0 Å². The first-order valence-electron chi connectivity index (χ1n) is 25.2. The molecule has 3 rings (SSSR count). The van der Waals surface area contributed by atoms with E-state index in [1.807, 2.05) is 6.07 Å². The van der Waals surface area contributed by atoms with Gasteiger partial charge in [-0.25, -0.2) is 0 Å². The molecule has 0 atom stereocenters. The van der Waals surface area contributed by atoms with Crippen LogP contribution in [0, 0.1) is 0 Å². The van der Waals surface area contributed by atoms with Gasteiger partial charge in [0.05, 0.1) is 4.90 Å². The molecule has 0 fully saturated rings. The van der Waals surface area contributed by atoms with Gasteiger partial charge in [-0.3, -0.25) is 13.7 Å². The van der Waals surface area contributed by atoms with Gasteiger partial charge in [0.1, 0.15) is 9.79 Å². The Morgan fingerprint density at radius 1 is 0.328 bits per heavy atom. The van der Waals surface area contributed by atoms with Crippen molar-refractivity contribution in [1.29, 1.82) is 0 Å². The van der Waals surface area contributed by atoms with E-state index in [0.29, 0.717) is 36.6 Å². The molecule has 0 unspecified atom stereocenters. The van der Waals surface area contributed by atoms with Crippen molar-refractivity contribution in [2.45, 2.75) is 247 Å². The molecule has 0 saturated heterocycles. The highest BCUT2D eigenvalue weighted by molar-refractivity contribution is 7.89. The molecule has 3 N–H and O–H groups in total. The van der Waals surface area contributed by atoms with Crippen LogP contribution < -0.4 is 0 Å². The Balaban J connectivity index is 0.000000537. The smallest absolute Gasteiger partial charge is 0.282 e. The third-order valence-corrected chi connectivity index (χ3v) is 15.5. The SMILES string of the molecule is CCCCCCCCCCCCc1c(S(=O)(=O)O)c(S(=O)(=O)O)c2ccccc2c1CCCCCCCCCCCC.CCCCCCCCCCCCc1ccccc1S(=O)(=O)O. The highest BCUT2D eigenvalue weighted by atomic mass is 32.2. The van der Waals surface area contributed by atoms with Gasteiger partial charge in [0.15, 0.2) is 0 Å². The van der Waals surface area contributed by atoms with Crippen LogP contribution in [0.1, 0.15) is 230 Å². The van der Waals surface area contributed by atoms with E-state index < -0.39 is 40.1 Å². The van der Waals surface area contributed by atoms with Crippen LogP contribution in [-0.4, -0.2) is 38.9 Å². The van der Waals surface area contributed by atoms with Crippen molar-refractivity contribution in [3.63, 3.8) is 0 Å². The third-order valence-electron chi connectivity index (χ3n) is 12.5. The number of rotatable bonds is 36. The first-order valence-corrected chi connectivity index (χ1v) is 29.6. The molecule has 0 amide bonds. The predicted molar refractivity (Wildman–Crippen MR) is 266 cm³/mol. The normalized spacial score (nSPS) is 12.2. The van der Waals surface area contributed by atoms with Gasteiger partial charge >= 0.3 is 0 Å². The second-order valence-corrected chi connectivity index (χ2v) is 22.1. The van der Waals surface area contributed by atoms with Crippen LogP contribution in [0.25, 0.3) is 10.8 Å². The van der Waals surface area contributed by atoms with E-state index >= 15 is 0 Å². The Bertz CT molecular complexity index is 2050. The maximum Gasteiger partial charge on any atom is 0.296 e. The summed E-state index contributed by atoms with van der Waals surface area (Å²) in [6, 6.07) is 13.5. The molecule has 64 heavy (non-hydrogen) atoms. The second kappa shape index (κ2) is 33.2. The van der Waals surface area contributed by atoms with Crippen molar-refractivity contribution in [3.05, 3.63) is 65.2 Å². The summed E-state index contributed by atoms with van der Waals surface area (Å²) in [5.74, 6) is 0. The van der Waals surface area contributed by atoms with E-state index in [1.54, 1.807) is 30.3 Å². The van der Waals surface area contributed by atoms with Gasteiger partial charge in [-0.15, -0.1) is 0 Å². The molecule has 9 nitrogen and oxygen atoms in total. The molecule has 0 aliphatic carbocycles. The van der Waals surface area contributed by atoms with Crippen LogP contribution in [0.15, 0.2) is 63.2 Å². The van der Waals surface area contributed by atoms with Crippen molar-refractivity contribution in [1.82, 2.24) is 0 Å². The van der Waals surface area contributed by atoms with Gasteiger partial charge in [-0.05, 0) is 66.7 Å². The minimum absolute atomic E-state index is 0.0610. The molecule has 3 aromatic rings. The predicted octanol–water partition coefficient (Wildman–Crippen LogP) is 15.7. The maximum absolute atomic E-state index is 12.7. The second-order valence-electron chi connectivity index (χ2n) is 18.0. The van der Waals surface area contributed by atoms with Crippen molar-refractivity contribution in [2.24, 2.45) is 0 Å². The number of unbranched alkanes of at least 4 members (excludes halogenated alkanes) is 27. The lowest BCUT2D eigenvalue weighted by Crippen LogP contribution is -2.15. The lowest BCUT2D eigenvalue weighted by Gasteiger charge is -2.20. The van der Waals surface area contributed by atoms with Crippen LogP contribution >= 0.6 is 0 Å². The van der Waals surface area contributed by atoms with Crippen molar-refractivity contribution in [2.75, 3.05) is 0 Å². The molecule has 0 radical (unpaired) electrons. The largest absolute Gasteiger partial charge is 0.296 e. The van der Waals surface area contributed by atoms with Gasteiger partial charge in [0, 0.05) is 5.39 Å². The summed E-state index contributed by atoms with van der Waals surface area (Å²) in [4.78, 5) is -1.28. The fourth-order valence-corrected chi connectivity index (χ4v) is 12.0. The first-order chi connectivity index (χ1) is 30.7. The average molecular weight is 951 g/mol. The number of aryl methyl sites for hydroxylation is 2. The highest BCUT2D eigenvalue weighted by Gasteiger charge is 2.32. The Morgan fingerprint density at radius 2 is 0.641 bits per heavy atom. The van der Waals surface area contributed by atoms with Crippen LogP contribution in [0.3, 0.4) is 0 Å². The summed E-state index contributed by atoms with van der Waals surface area (Å²) < 4.78 is 103. The summed E-state index contributed by atoms with van der Waals surface area (Å²) >= 11 is 0. The average Bonchev–Trinajstić information content (AvgIpc) is 3.25. The summed E-state index contributed by atoms with van der Waals surface area (Å²) in [6.07, 6.45) is 37.3. The molecular formula is C52H86O9S3. The van der Waals surface area contributed by atoms with E-state index in [-0.39, 0.29) is 10.3 Å². The Morgan fingerprint density at radius 3 is 1.02 bits per heavy atom. The van der Waals surface area contributed by atoms with Crippen molar-refractivity contribution in [3.8, 4) is 0 Å². The molecule has 0 saturated carbocycles. The Hall–Kier alpha value is -2.35. The van der Waals surface area contributed by atoms with Crippen LogP contribution in [0.2, 0.25) is 0 Å². The fourth-order valence-electron chi connectivity index (χ4n) is 8.93. The van der Waals surface area contributed by atoms with Crippen LogP contribution in [0.4, 0.5) is 0 Å². The van der Waals surface area contributed by atoms with Gasteiger partial charge in [0.25, 0.3) is 30.4 Å². The van der Waals surface area contributed by atoms with Gasteiger partial charge in [-0.2, -0.15) is 25.3 Å². The molecule has 0 heterocycles. The zero-order valence-electron chi connectivity index (χ0n) is 40.0. The topological polar surface area (TPSA) is 163 Å². The first kappa shape index (κ1) is 57.8. The van der Waals surface area contributed by atoms with Crippen molar-refractivity contribution < 1.29 is 38.9 Å². The molecule has 0 aromatic heterocycles. The van der Waals surface area contributed by atoms with Crippen LogP contribution in [0.5, 0.6) is 0 Å². The summed E-state index contributed by atoms with van der Waals surface area (Å²) in [5.41, 5.74) is 1.85. The van der Waals surface area contributed by atoms with E-state index in [9.17, 15) is 38.9 Å². The summed E-state index contributed by atoms with van der Waals surface area (Å²) in [5, 5.41) is 0.775. The zero-order valence-corrected chi connectivity index (χ0v) is 42.4. The third kappa shape index (κ3) is 23.4. The molecule has 12 heteroatoms. The molecule has 366 valence electrons. The molecular weight excluding hydrogens is 865 g/mol. The monoisotopic (exact) mass is 951 g/mol. The lowest BCUT2D eigenvalue weighted by molar-refractivity contribution is 0.465. The molecule has 3 aromatic carbocycles. The van der Waals surface area contributed by atoms with Crippen molar-refractivity contribution >= 4 is 41.1 Å². The van der Waals surface area contributed by atoms with E-state index in [4.69, 9.17) is 0 Å². The summed E-state index contributed by atoms with van der Waals surface area (Å²) in [7, 11) is -13.9. The Kier molecular flexibility index (Phi) is 30.0. The lowest BCUT2D eigenvalue weighted by atomic mass is 9.91. The maximum atomic E-state index is 12.7. The minimum Gasteiger partial charge on any atom is -0.282 e. The highest BCUT2D eigenvalue weighted by Crippen LogP contribution is 2.38. The number of hydrogen-bond acceptors (Lipinski definition) is 6. The molecule has 0 aliphatic rings. The number of hydrogen-bond donors (Lipinski definition) is 3. The van der Waals surface area contributed by atoms with E-state index in [0.717, 1.165) is 62.5 Å². The molecule has 0 aliphatic heterocycles. The number of benzene rings is 3. The Labute approximate surface area is 390 Å². The van der Waals surface area contributed by atoms with E-state index in [2.05, 4.69) is 20.8 Å². The van der Waals surface area contributed by atoms with Gasteiger partial charge in [-0.1, -0.05) is 237 Å².